The molecule has 2 aromatic rings. The van der Waals surface area contributed by atoms with Crippen molar-refractivity contribution < 1.29 is 28.6 Å². The van der Waals surface area contributed by atoms with Crippen molar-refractivity contribution in [3.63, 3.8) is 0 Å². The molecule has 1 fully saturated rings. The molecule has 1 heterocycles. The number of benzene rings is 2. The molecule has 1 saturated heterocycles. The van der Waals surface area contributed by atoms with Crippen LogP contribution in [-0.4, -0.2) is 48.7 Å². The van der Waals surface area contributed by atoms with E-state index >= 15 is 0 Å². The summed E-state index contributed by atoms with van der Waals surface area (Å²) in [5.74, 6) is -0.687. The van der Waals surface area contributed by atoms with Crippen LogP contribution in [0.1, 0.15) is 30.1 Å². The quantitative estimate of drug-likeness (QED) is 0.684. The van der Waals surface area contributed by atoms with E-state index in [1.165, 1.54) is 24.3 Å². The summed E-state index contributed by atoms with van der Waals surface area (Å²) in [6.07, 6.45) is 0.232. The van der Waals surface area contributed by atoms with E-state index in [0.717, 1.165) is 35.4 Å². The molecule has 4 nitrogen and oxygen atoms in total. The first-order valence-electron chi connectivity index (χ1n) is 9.33. The molecule has 3 atom stereocenters. The minimum absolute atomic E-state index is 0.0962. The molecule has 0 aliphatic carbocycles. The molecular weight excluding hydrogens is 352 g/mol. The van der Waals surface area contributed by atoms with Gasteiger partial charge in [0.25, 0.3) is 0 Å². The van der Waals surface area contributed by atoms with Crippen molar-refractivity contribution >= 4 is 0 Å². The SMILES string of the molecule is O[C@H]1CCC[NH+](C[C@@H](O)COC(c2ccc(F)cc2)c2ccc(F)cc2)C1. The molecule has 1 unspecified atom stereocenters. The summed E-state index contributed by atoms with van der Waals surface area (Å²) >= 11 is 0. The van der Waals surface area contributed by atoms with Gasteiger partial charge in [0, 0.05) is 0 Å². The summed E-state index contributed by atoms with van der Waals surface area (Å²) in [6, 6.07) is 11.9. The largest absolute Gasteiger partial charge is 0.387 e. The Labute approximate surface area is 158 Å². The number of ether oxygens (including phenoxy) is 1. The van der Waals surface area contributed by atoms with Crippen LogP contribution in [-0.2, 0) is 4.74 Å². The Kier molecular flexibility index (Phi) is 6.90. The van der Waals surface area contributed by atoms with Gasteiger partial charge < -0.3 is 19.8 Å². The lowest BCUT2D eigenvalue weighted by molar-refractivity contribution is -0.911. The molecule has 0 saturated carbocycles. The predicted molar refractivity (Wildman–Crippen MR) is 97.4 cm³/mol. The highest BCUT2D eigenvalue weighted by molar-refractivity contribution is 5.30. The lowest BCUT2D eigenvalue weighted by atomic mass is 10.0. The highest BCUT2D eigenvalue weighted by Crippen LogP contribution is 2.26. The monoisotopic (exact) mass is 378 g/mol. The van der Waals surface area contributed by atoms with Crippen LogP contribution in [0.2, 0.25) is 0 Å². The molecule has 6 heteroatoms. The lowest BCUT2D eigenvalue weighted by Gasteiger charge is -2.29. The Balaban J connectivity index is 1.66. The molecular formula is C21H26F2NO3+. The van der Waals surface area contributed by atoms with Gasteiger partial charge in [-0.1, -0.05) is 24.3 Å². The Morgan fingerprint density at radius 3 is 2.07 bits per heavy atom. The van der Waals surface area contributed by atoms with Crippen LogP contribution < -0.4 is 4.90 Å². The molecule has 3 N–H and O–H groups in total. The van der Waals surface area contributed by atoms with Gasteiger partial charge in [0.05, 0.1) is 13.2 Å². The van der Waals surface area contributed by atoms with E-state index in [1.807, 2.05) is 0 Å². The van der Waals surface area contributed by atoms with Crippen molar-refractivity contribution in [2.24, 2.45) is 0 Å². The standard InChI is InChI=1S/C21H25F2NO3/c22-17-7-3-15(4-8-17)21(16-5-9-18(23)10-6-16)27-14-20(26)13-24-11-1-2-19(25)12-24/h3-10,19-21,25-26H,1-2,11-14H2/p+1/t19-,20+/m0/s1. The van der Waals surface area contributed by atoms with Gasteiger partial charge in [-0.2, -0.15) is 0 Å². The van der Waals surface area contributed by atoms with Gasteiger partial charge in [-0.05, 0) is 48.2 Å². The number of rotatable bonds is 7. The number of quaternary nitrogens is 1. The fourth-order valence-electron chi connectivity index (χ4n) is 3.57. The van der Waals surface area contributed by atoms with Crippen molar-refractivity contribution in [3.05, 3.63) is 71.3 Å². The van der Waals surface area contributed by atoms with Crippen LogP contribution >= 0.6 is 0 Å². The van der Waals surface area contributed by atoms with Gasteiger partial charge in [0.15, 0.2) is 0 Å². The molecule has 0 amide bonds. The molecule has 0 bridgehead atoms. The summed E-state index contributed by atoms with van der Waals surface area (Å²) in [5, 5.41) is 20.1. The van der Waals surface area contributed by atoms with Gasteiger partial charge in [0.1, 0.15) is 43.0 Å². The average molecular weight is 378 g/mol. The normalized spacial score (nSPS) is 21.4. The summed E-state index contributed by atoms with van der Waals surface area (Å²) in [5.41, 5.74) is 1.46. The fourth-order valence-corrected chi connectivity index (χ4v) is 3.57. The van der Waals surface area contributed by atoms with E-state index in [-0.39, 0.29) is 24.3 Å². The van der Waals surface area contributed by atoms with Gasteiger partial charge in [0.2, 0.25) is 0 Å². The molecule has 1 aliphatic rings. The van der Waals surface area contributed by atoms with E-state index < -0.39 is 12.2 Å². The third-order valence-electron chi connectivity index (χ3n) is 4.92. The molecule has 0 aromatic heterocycles. The summed E-state index contributed by atoms with van der Waals surface area (Å²) in [4.78, 5) is 1.16. The molecule has 3 rings (SSSR count). The molecule has 27 heavy (non-hydrogen) atoms. The number of piperidine rings is 1. The molecule has 1 aliphatic heterocycles. The Morgan fingerprint density at radius 2 is 1.56 bits per heavy atom. The minimum Gasteiger partial charge on any atom is -0.387 e. The molecule has 0 radical (unpaired) electrons. The minimum atomic E-state index is -0.686. The summed E-state index contributed by atoms with van der Waals surface area (Å²) in [6.45, 7) is 2.15. The Bertz CT molecular complexity index is 663. The Morgan fingerprint density at radius 1 is 1.00 bits per heavy atom. The lowest BCUT2D eigenvalue weighted by Crippen LogP contribution is -3.15. The van der Waals surface area contributed by atoms with E-state index in [4.69, 9.17) is 4.74 Å². The van der Waals surface area contributed by atoms with Crippen molar-refractivity contribution in [1.29, 1.82) is 0 Å². The van der Waals surface area contributed by atoms with Gasteiger partial charge in [-0.3, -0.25) is 0 Å². The first-order chi connectivity index (χ1) is 13.0. The van der Waals surface area contributed by atoms with Crippen LogP contribution in [0.5, 0.6) is 0 Å². The molecule has 146 valence electrons. The van der Waals surface area contributed by atoms with E-state index in [0.29, 0.717) is 13.1 Å². The second-order valence-corrected chi connectivity index (χ2v) is 7.17. The van der Waals surface area contributed by atoms with Crippen LogP contribution in [0.3, 0.4) is 0 Å². The maximum atomic E-state index is 13.3. The van der Waals surface area contributed by atoms with Crippen molar-refractivity contribution in [2.45, 2.75) is 31.2 Å². The zero-order valence-corrected chi connectivity index (χ0v) is 15.2. The fraction of sp³-hybridized carbons (Fsp3) is 0.429. The van der Waals surface area contributed by atoms with Gasteiger partial charge in [-0.15, -0.1) is 0 Å². The maximum absolute atomic E-state index is 13.3. The third kappa shape index (κ3) is 5.81. The molecule has 0 spiro atoms. The third-order valence-corrected chi connectivity index (χ3v) is 4.92. The summed E-state index contributed by atoms with van der Waals surface area (Å²) in [7, 11) is 0. The summed E-state index contributed by atoms with van der Waals surface area (Å²) < 4.78 is 32.5. The predicted octanol–water partition coefficient (Wildman–Crippen LogP) is 1.47. The van der Waals surface area contributed by atoms with E-state index in [2.05, 4.69) is 0 Å². The second-order valence-electron chi connectivity index (χ2n) is 7.17. The molecule has 2 aromatic carbocycles. The number of aliphatic hydroxyl groups excluding tert-OH is 2. The van der Waals surface area contributed by atoms with Crippen molar-refractivity contribution in [3.8, 4) is 0 Å². The number of hydrogen-bond acceptors (Lipinski definition) is 3. The highest BCUT2D eigenvalue weighted by atomic mass is 19.1. The van der Waals surface area contributed by atoms with Gasteiger partial charge >= 0.3 is 0 Å². The topological polar surface area (TPSA) is 54.1 Å². The van der Waals surface area contributed by atoms with Crippen molar-refractivity contribution in [1.82, 2.24) is 0 Å². The van der Waals surface area contributed by atoms with E-state index in [1.54, 1.807) is 24.3 Å². The second kappa shape index (κ2) is 9.37. The zero-order valence-electron chi connectivity index (χ0n) is 15.2. The van der Waals surface area contributed by atoms with Crippen LogP contribution in [0.15, 0.2) is 48.5 Å². The first kappa shape index (κ1) is 19.9. The van der Waals surface area contributed by atoms with Gasteiger partial charge in [-0.25, -0.2) is 8.78 Å². The highest BCUT2D eigenvalue weighted by Gasteiger charge is 2.24. The number of aliphatic hydroxyl groups is 2. The van der Waals surface area contributed by atoms with Crippen LogP contribution in [0, 0.1) is 11.6 Å². The smallest absolute Gasteiger partial charge is 0.126 e. The van der Waals surface area contributed by atoms with Crippen LogP contribution in [0.25, 0.3) is 0 Å². The number of hydrogen-bond donors (Lipinski definition) is 3. The maximum Gasteiger partial charge on any atom is 0.126 e. The number of nitrogens with one attached hydrogen (secondary N) is 1. The Hall–Kier alpha value is -1.86. The van der Waals surface area contributed by atoms with E-state index in [9.17, 15) is 19.0 Å². The zero-order chi connectivity index (χ0) is 19.2. The first-order valence-corrected chi connectivity index (χ1v) is 9.33. The van der Waals surface area contributed by atoms with Crippen LogP contribution in [0.4, 0.5) is 8.78 Å². The average Bonchev–Trinajstić information content (AvgIpc) is 2.64. The van der Waals surface area contributed by atoms with Crippen molar-refractivity contribution in [2.75, 3.05) is 26.2 Å². The number of likely N-dealkylation sites (tertiary alicyclic amines) is 1. The number of halogens is 2.